The number of alkyl halides is 1. The van der Waals surface area contributed by atoms with Crippen LogP contribution in [0.4, 0.5) is 0 Å². The highest BCUT2D eigenvalue weighted by Crippen LogP contribution is 2.02. The Morgan fingerprint density at radius 1 is 1.21 bits per heavy atom. The lowest BCUT2D eigenvalue weighted by Crippen LogP contribution is -2.06. The van der Waals surface area contributed by atoms with Gasteiger partial charge in [-0.05, 0) is 25.0 Å². The molecule has 76 valence electrons. The van der Waals surface area contributed by atoms with Gasteiger partial charge in [0.05, 0.1) is 12.2 Å². The van der Waals surface area contributed by atoms with Crippen LogP contribution in [-0.2, 0) is 4.74 Å². The van der Waals surface area contributed by atoms with E-state index in [9.17, 15) is 4.79 Å². The highest BCUT2D eigenvalue weighted by Gasteiger charge is 2.04. The minimum Gasteiger partial charge on any atom is -0.462 e. The Labute approximate surface area is 92.4 Å². The van der Waals surface area contributed by atoms with E-state index in [-0.39, 0.29) is 5.97 Å². The van der Waals surface area contributed by atoms with E-state index in [4.69, 9.17) is 4.74 Å². The molecule has 0 N–H and O–H groups in total. The minimum absolute atomic E-state index is 0.236. The summed E-state index contributed by atoms with van der Waals surface area (Å²) in [6.07, 6.45) is 1.94. The quantitative estimate of drug-likeness (QED) is 0.460. The van der Waals surface area contributed by atoms with Crippen molar-refractivity contribution in [1.29, 1.82) is 0 Å². The van der Waals surface area contributed by atoms with E-state index >= 15 is 0 Å². The zero-order chi connectivity index (χ0) is 10.2. The Balaban J connectivity index is 2.29. The summed E-state index contributed by atoms with van der Waals surface area (Å²) >= 11 is 3.32. The van der Waals surface area contributed by atoms with Crippen molar-refractivity contribution in [2.24, 2.45) is 0 Å². The number of hydrogen-bond acceptors (Lipinski definition) is 2. The number of carbonyl (C=O) groups excluding carboxylic acids is 1. The molecule has 0 saturated heterocycles. The summed E-state index contributed by atoms with van der Waals surface area (Å²) in [5.41, 5.74) is 0.617. The van der Waals surface area contributed by atoms with Gasteiger partial charge in [0.1, 0.15) is 0 Å². The van der Waals surface area contributed by atoms with Gasteiger partial charge in [0.2, 0.25) is 0 Å². The molecule has 0 aliphatic carbocycles. The Bertz CT molecular complexity index is 272. The largest absolute Gasteiger partial charge is 0.462 e. The third-order valence-electron chi connectivity index (χ3n) is 1.77. The van der Waals surface area contributed by atoms with Gasteiger partial charge < -0.3 is 4.74 Å². The summed E-state index contributed by atoms with van der Waals surface area (Å²) in [4.78, 5) is 11.4. The zero-order valence-corrected chi connectivity index (χ0v) is 9.50. The van der Waals surface area contributed by atoms with Gasteiger partial charge in [-0.15, -0.1) is 0 Å². The molecule has 0 aliphatic heterocycles. The Kier molecular flexibility index (Phi) is 5.30. The van der Waals surface area contributed by atoms with Crippen LogP contribution in [0.1, 0.15) is 23.2 Å². The number of ether oxygens (including phenoxy) is 1. The molecule has 2 nitrogen and oxygen atoms in total. The van der Waals surface area contributed by atoms with Crippen LogP contribution in [0.3, 0.4) is 0 Å². The summed E-state index contributed by atoms with van der Waals surface area (Å²) in [5, 5.41) is 0.954. The molecule has 0 fully saturated rings. The van der Waals surface area contributed by atoms with Crippen LogP contribution in [-0.4, -0.2) is 17.9 Å². The van der Waals surface area contributed by atoms with Crippen molar-refractivity contribution in [2.75, 3.05) is 11.9 Å². The molecule has 0 amide bonds. The first kappa shape index (κ1) is 11.2. The van der Waals surface area contributed by atoms with Gasteiger partial charge in [0.25, 0.3) is 0 Å². The van der Waals surface area contributed by atoms with Crippen LogP contribution >= 0.6 is 15.9 Å². The smallest absolute Gasteiger partial charge is 0.338 e. The maximum atomic E-state index is 11.4. The van der Waals surface area contributed by atoms with E-state index in [1.807, 2.05) is 18.2 Å². The highest BCUT2D eigenvalue weighted by molar-refractivity contribution is 9.09. The molecule has 1 aromatic carbocycles. The second kappa shape index (κ2) is 6.60. The van der Waals surface area contributed by atoms with Crippen LogP contribution in [0.25, 0.3) is 0 Å². The van der Waals surface area contributed by atoms with Crippen molar-refractivity contribution in [3.8, 4) is 0 Å². The molecule has 0 unspecified atom stereocenters. The summed E-state index contributed by atoms with van der Waals surface area (Å²) in [5.74, 6) is -0.236. The normalized spacial score (nSPS) is 9.79. The van der Waals surface area contributed by atoms with Crippen LogP contribution < -0.4 is 0 Å². The number of hydrogen-bond donors (Lipinski definition) is 0. The van der Waals surface area contributed by atoms with E-state index < -0.39 is 0 Å². The second-order valence-electron chi connectivity index (χ2n) is 2.90. The first-order chi connectivity index (χ1) is 6.84. The maximum Gasteiger partial charge on any atom is 0.338 e. The molecule has 0 aliphatic rings. The molecular weight excluding hydrogens is 244 g/mol. The van der Waals surface area contributed by atoms with Crippen LogP contribution in [0.2, 0.25) is 0 Å². The minimum atomic E-state index is -0.236. The molecule has 3 heteroatoms. The lowest BCUT2D eigenvalue weighted by molar-refractivity contribution is 0.0500. The standard InChI is InChI=1S/C11H13BrO2/c12-8-4-5-9-14-11(13)10-6-2-1-3-7-10/h1-3,6-7H,4-5,8-9H2. The fraction of sp³-hybridized carbons (Fsp3) is 0.364. The number of unbranched alkanes of at least 4 members (excludes halogenated alkanes) is 1. The molecular formula is C11H13BrO2. The molecule has 0 atom stereocenters. The molecule has 1 rings (SSSR count). The third kappa shape index (κ3) is 3.92. The predicted octanol–water partition coefficient (Wildman–Crippen LogP) is 3.02. The van der Waals surface area contributed by atoms with Gasteiger partial charge >= 0.3 is 5.97 Å². The number of rotatable bonds is 5. The van der Waals surface area contributed by atoms with Gasteiger partial charge in [-0.1, -0.05) is 34.1 Å². The maximum absolute atomic E-state index is 11.4. The van der Waals surface area contributed by atoms with Gasteiger partial charge in [0, 0.05) is 5.33 Å². The van der Waals surface area contributed by atoms with Gasteiger partial charge in [-0.3, -0.25) is 0 Å². The SMILES string of the molecule is O=C(OCCCCBr)c1ccccc1. The first-order valence-electron chi connectivity index (χ1n) is 4.62. The molecule has 0 spiro atoms. The zero-order valence-electron chi connectivity index (χ0n) is 7.91. The average Bonchev–Trinajstić information content (AvgIpc) is 2.25. The predicted molar refractivity (Wildman–Crippen MR) is 59.8 cm³/mol. The first-order valence-corrected chi connectivity index (χ1v) is 5.75. The average molecular weight is 257 g/mol. The second-order valence-corrected chi connectivity index (χ2v) is 3.69. The molecule has 0 aromatic heterocycles. The summed E-state index contributed by atoms with van der Waals surface area (Å²) in [6, 6.07) is 9.05. The highest BCUT2D eigenvalue weighted by atomic mass is 79.9. The molecule has 0 radical (unpaired) electrons. The van der Waals surface area contributed by atoms with E-state index in [0.717, 1.165) is 18.2 Å². The number of carbonyl (C=O) groups is 1. The van der Waals surface area contributed by atoms with E-state index in [0.29, 0.717) is 12.2 Å². The van der Waals surface area contributed by atoms with Crippen molar-refractivity contribution in [3.63, 3.8) is 0 Å². The topological polar surface area (TPSA) is 26.3 Å². The van der Waals surface area contributed by atoms with Gasteiger partial charge in [0.15, 0.2) is 0 Å². The van der Waals surface area contributed by atoms with Crippen molar-refractivity contribution in [2.45, 2.75) is 12.8 Å². The van der Waals surface area contributed by atoms with Crippen molar-refractivity contribution in [3.05, 3.63) is 35.9 Å². The molecule has 0 bridgehead atoms. The Morgan fingerprint density at radius 2 is 1.93 bits per heavy atom. The third-order valence-corrected chi connectivity index (χ3v) is 2.33. The fourth-order valence-electron chi connectivity index (χ4n) is 1.02. The molecule has 1 aromatic rings. The molecule has 0 saturated carbocycles. The Morgan fingerprint density at radius 3 is 2.57 bits per heavy atom. The van der Waals surface area contributed by atoms with E-state index in [1.54, 1.807) is 12.1 Å². The summed E-state index contributed by atoms with van der Waals surface area (Å²) < 4.78 is 5.07. The van der Waals surface area contributed by atoms with Gasteiger partial charge in [-0.25, -0.2) is 4.79 Å². The fourth-order valence-corrected chi connectivity index (χ4v) is 1.42. The van der Waals surface area contributed by atoms with Crippen molar-refractivity contribution in [1.82, 2.24) is 0 Å². The van der Waals surface area contributed by atoms with Gasteiger partial charge in [-0.2, -0.15) is 0 Å². The lowest BCUT2D eigenvalue weighted by atomic mass is 10.2. The number of benzene rings is 1. The number of halogens is 1. The van der Waals surface area contributed by atoms with E-state index in [1.165, 1.54) is 0 Å². The summed E-state index contributed by atoms with van der Waals surface area (Å²) in [6.45, 7) is 0.499. The van der Waals surface area contributed by atoms with Crippen LogP contribution in [0.5, 0.6) is 0 Å². The van der Waals surface area contributed by atoms with Crippen LogP contribution in [0, 0.1) is 0 Å². The Hall–Kier alpha value is -0.830. The van der Waals surface area contributed by atoms with Crippen LogP contribution in [0.15, 0.2) is 30.3 Å². The van der Waals surface area contributed by atoms with E-state index in [2.05, 4.69) is 15.9 Å². The molecule has 0 heterocycles. The van der Waals surface area contributed by atoms with Crippen molar-refractivity contribution < 1.29 is 9.53 Å². The summed E-state index contributed by atoms with van der Waals surface area (Å²) in [7, 11) is 0. The van der Waals surface area contributed by atoms with Crippen molar-refractivity contribution >= 4 is 21.9 Å². The monoisotopic (exact) mass is 256 g/mol. The number of esters is 1. The lowest BCUT2D eigenvalue weighted by Gasteiger charge is -2.03. The molecule has 14 heavy (non-hydrogen) atoms.